The molecule has 0 radical (unpaired) electrons. The van der Waals surface area contributed by atoms with Crippen LogP contribution in [0.5, 0.6) is 0 Å². The molecule has 1 aromatic heterocycles. The second kappa shape index (κ2) is 8.54. The van der Waals surface area contributed by atoms with E-state index in [4.69, 9.17) is 0 Å². The molecule has 0 saturated carbocycles. The lowest BCUT2D eigenvalue weighted by Crippen LogP contribution is -2.41. The molecule has 1 aromatic carbocycles. The van der Waals surface area contributed by atoms with Crippen LogP contribution in [-0.2, 0) is 6.54 Å². The van der Waals surface area contributed by atoms with Gasteiger partial charge in [0.1, 0.15) is 6.54 Å². The minimum absolute atomic E-state index is 0.0197. The molecule has 27 heavy (non-hydrogen) atoms. The number of rotatable bonds is 7. The number of amides is 1. The minimum atomic E-state index is -4.51. The van der Waals surface area contributed by atoms with Crippen molar-refractivity contribution in [3.63, 3.8) is 0 Å². The molecule has 0 aliphatic rings. The fraction of sp³-hybridized carbons (Fsp3) is 0.526. The van der Waals surface area contributed by atoms with E-state index in [-0.39, 0.29) is 41.0 Å². The van der Waals surface area contributed by atoms with Gasteiger partial charge in [0.25, 0.3) is 11.5 Å². The highest BCUT2D eigenvalue weighted by Gasteiger charge is 2.34. The van der Waals surface area contributed by atoms with Crippen LogP contribution in [0.1, 0.15) is 44.1 Å². The summed E-state index contributed by atoms with van der Waals surface area (Å²) < 4.78 is 40.1. The highest BCUT2D eigenvalue weighted by atomic mass is 19.4. The zero-order chi connectivity index (χ0) is 20.2. The SMILES string of the molecule is CCCCN(CC(F)(F)F)C(=O)c1nn(CC(C)C)c(=O)c2ccccc12. The molecule has 2 aromatic rings. The number of halogens is 3. The van der Waals surface area contributed by atoms with E-state index in [2.05, 4.69) is 5.10 Å². The van der Waals surface area contributed by atoms with Crippen molar-refractivity contribution in [2.75, 3.05) is 13.1 Å². The number of benzene rings is 1. The lowest BCUT2D eigenvalue weighted by Gasteiger charge is -2.24. The monoisotopic (exact) mass is 383 g/mol. The van der Waals surface area contributed by atoms with Crippen LogP contribution in [0.25, 0.3) is 10.8 Å². The molecule has 0 aliphatic heterocycles. The minimum Gasteiger partial charge on any atom is -0.328 e. The maximum absolute atomic E-state index is 13.0. The van der Waals surface area contributed by atoms with Crippen molar-refractivity contribution in [1.29, 1.82) is 0 Å². The molecule has 2 rings (SSSR count). The topological polar surface area (TPSA) is 55.2 Å². The van der Waals surface area contributed by atoms with Gasteiger partial charge >= 0.3 is 6.18 Å². The zero-order valence-corrected chi connectivity index (χ0v) is 15.7. The Hall–Kier alpha value is -2.38. The molecule has 1 heterocycles. The predicted octanol–water partition coefficient (Wildman–Crippen LogP) is 3.86. The Morgan fingerprint density at radius 2 is 1.85 bits per heavy atom. The smallest absolute Gasteiger partial charge is 0.328 e. The molecule has 1 amide bonds. The largest absolute Gasteiger partial charge is 0.406 e. The number of alkyl halides is 3. The maximum atomic E-state index is 13.0. The van der Waals surface area contributed by atoms with Gasteiger partial charge in [0.2, 0.25) is 0 Å². The molecule has 0 spiro atoms. The third-order valence-electron chi connectivity index (χ3n) is 4.05. The molecule has 0 N–H and O–H groups in total. The first kappa shape index (κ1) is 20.9. The third-order valence-corrected chi connectivity index (χ3v) is 4.05. The van der Waals surface area contributed by atoms with Gasteiger partial charge < -0.3 is 4.90 Å². The molecule has 0 aliphatic carbocycles. The van der Waals surface area contributed by atoms with E-state index < -0.39 is 18.6 Å². The molecule has 0 fully saturated rings. The Balaban J connectivity index is 2.58. The molecule has 0 saturated heterocycles. The Kier molecular flexibility index (Phi) is 6.62. The van der Waals surface area contributed by atoms with Crippen LogP contribution in [0.3, 0.4) is 0 Å². The summed E-state index contributed by atoms with van der Waals surface area (Å²) in [6.07, 6.45) is -3.40. The van der Waals surface area contributed by atoms with E-state index >= 15 is 0 Å². The fourth-order valence-electron chi connectivity index (χ4n) is 2.83. The number of hydrogen-bond acceptors (Lipinski definition) is 3. The first-order chi connectivity index (χ1) is 12.6. The van der Waals surface area contributed by atoms with Gasteiger partial charge in [-0.25, -0.2) is 4.68 Å². The summed E-state index contributed by atoms with van der Waals surface area (Å²) in [6, 6.07) is 6.39. The molecule has 5 nitrogen and oxygen atoms in total. The van der Waals surface area contributed by atoms with Gasteiger partial charge in [0, 0.05) is 18.5 Å². The van der Waals surface area contributed by atoms with Crippen molar-refractivity contribution in [2.45, 2.75) is 46.3 Å². The molecule has 0 unspecified atom stereocenters. The van der Waals surface area contributed by atoms with Crippen LogP contribution in [0.4, 0.5) is 13.2 Å². The Morgan fingerprint density at radius 1 is 1.22 bits per heavy atom. The third kappa shape index (κ3) is 5.30. The number of fused-ring (bicyclic) bond motifs is 1. The average Bonchev–Trinajstić information content (AvgIpc) is 2.59. The Labute approximate surface area is 155 Å². The van der Waals surface area contributed by atoms with Crippen molar-refractivity contribution in [2.24, 2.45) is 5.92 Å². The number of nitrogens with zero attached hydrogens (tertiary/aromatic N) is 3. The van der Waals surface area contributed by atoms with Gasteiger partial charge in [-0.05, 0) is 18.4 Å². The van der Waals surface area contributed by atoms with Crippen molar-refractivity contribution >= 4 is 16.7 Å². The van der Waals surface area contributed by atoms with Crippen LogP contribution in [0.15, 0.2) is 29.1 Å². The summed E-state index contributed by atoms with van der Waals surface area (Å²) in [6.45, 7) is 4.54. The molecule has 0 bridgehead atoms. The van der Waals surface area contributed by atoms with Crippen molar-refractivity contribution in [3.05, 3.63) is 40.3 Å². The summed E-state index contributed by atoms with van der Waals surface area (Å²) >= 11 is 0. The molecule has 8 heteroatoms. The summed E-state index contributed by atoms with van der Waals surface area (Å²) in [5.74, 6) is -0.722. The van der Waals surface area contributed by atoms with E-state index in [0.717, 1.165) is 4.90 Å². The molecular formula is C19H24F3N3O2. The van der Waals surface area contributed by atoms with Gasteiger partial charge in [0.05, 0.1) is 5.39 Å². The number of hydrogen-bond donors (Lipinski definition) is 0. The van der Waals surface area contributed by atoms with Crippen LogP contribution >= 0.6 is 0 Å². The highest BCUT2D eigenvalue weighted by molar-refractivity contribution is 6.04. The highest BCUT2D eigenvalue weighted by Crippen LogP contribution is 2.21. The summed E-state index contributed by atoms with van der Waals surface area (Å²) in [5, 5.41) is 4.70. The van der Waals surface area contributed by atoms with Crippen LogP contribution in [0, 0.1) is 5.92 Å². The molecule has 0 atom stereocenters. The van der Waals surface area contributed by atoms with Crippen molar-refractivity contribution < 1.29 is 18.0 Å². The quantitative estimate of drug-likeness (QED) is 0.730. The summed E-state index contributed by atoms with van der Waals surface area (Å²) in [7, 11) is 0. The van der Waals surface area contributed by atoms with Gasteiger partial charge in [0.15, 0.2) is 5.69 Å². The van der Waals surface area contributed by atoms with E-state index in [0.29, 0.717) is 12.8 Å². The van der Waals surface area contributed by atoms with Gasteiger partial charge in [-0.1, -0.05) is 45.4 Å². The normalized spacial score (nSPS) is 12.0. The summed E-state index contributed by atoms with van der Waals surface area (Å²) in [4.78, 5) is 26.3. The van der Waals surface area contributed by atoms with E-state index in [1.165, 1.54) is 4.68 Å². The number of carbonyl (C=O) groups excluding carboxylic acids is 1. The Bertz CT molecular complexity index is 859. The van der Waals surface area contributed by atoms with Gasteiger partial charge in [-0.3, -0.25) is 9.59 Å². The maximum Gasteiger partial charge on any atom is 0.406 e. The first-order valence-corrected chi connectivity index (χ1v) is 9.00. The predicted molar refractivity (Wildman–Crippen MR) is 97.7 cm³/mol. The lowest BCUT2D eigenvalue weighted by molar-refractivity contribution is -0.140. The first-order valence-electron chi connectivity index (χ1n) is 9.00. The summed E-state index contributed by atoms with van der Waals surface area (Å²) in [5.41, 5.74) is -0.474. The Morgan fingerprint density at radius 3 is 2.41 bits per heavy atom. The second-order valence-corrected chi connectivity index (χ2v) is 6.97. The number of aromatic nitrogens is 2. The van der Waals surface area contributed by atoms with Crippen LogP contribution in [-0.4, -0.2) is 39.9 Å². The number of unbranched alkanes of at least 4 members (excludes halogenated alkanes) is 1. The number of carbonyl (C=O) groups is 1. The van der Waals surface area contributed by atoms with Crippen molar-refractivity contribution in [3.8, 4) is 0 Å². The van der Waals surface area contributed by atoms with Gasteiger partial charge in [-0.15, -0.1) is 0 Å². The standard InChI is InChI=1S/C19H24F3N3O2/c1-4-5-10-24(12-19(20,21)22)18(27)16-14-8-6-7-9-15(14)17(26)25(23-16)11-13(2)3/h6-9,13H,4-5,10-12H2,1-3H3. The van der Waals surface area contributed by atoms with Crippen LogP contribution < -0.4 is 5.56 Å². The van der Waals surface area contributed by atoms with Crippen LogP contribution in [0.2, 0.25) is 0 Å². The fourth-order valence-corrected chi connectivity index (χ4v) is 2.83. The lowest BCUT2D eigenvalue weighted by atomic mass is 10.1. The zero-order valence-electron chi connectivity index (χ0n) is 15.7. The van der Waals surface area contributed by atoms with E-state index in [1.54, 1.807) is 24.3 Å². The van der Waals surface area contributed by atoms with E-state index in [1.807, 2.05) is 20.8 Å². The van der Waals surface area contributed by atoms with E-state index in [9.17, 15) is 22.8 Å². The average molecular weight is 383 g/mol. The molecule has 148 valence electrons. The van der Waals surface area contributed by atoms with Gasteiger partial charge in [-0.2, -0.15) is 18.3 Å². The molecular weight excluding hydrogens is 359 g/mol. The van der Waals surface area contributed by atoms with Crippen molar-refractivity contribution in [1.82, 2.24) is 14.7 Å². The second-order valence-electron chi connectivity index (χ2n) is 6.97.